The minimum Gasteiger partial charge on any atom is -0.282 e. The van der Waals surface area contributed by atoms with Crippen molar-refractivity contribution in [2.75, 3.05) is 13.1 Å². The first-order chi connectivity index (χ1) is 9.68. The fourth-order valence-corrected chi connectivity index (χ4v) is 4.19. The third-order valence-electron chi connectivity index (χ3n) is 3.73. The number of sulfonamides is 1. The van der Waals surface area contributed by atoms with Gasteiger partial charge in [0.2, 0.25) is 10.0 Å². The van der Waals surface area contributed by atoms with Crippen LogP contribution in [0.4, 0.5) is 0 Å². The number of nitrogens with zero attached hydrogens (tertiary/aromatic N) is 2. The molecular formula is C14H17N3O2S. The first-order valence-corrected chi connectivity index (χ1v) is 8.16. The van der Waals surface area contributed by atoms with Crippen LogP contribution in [0.3, 0.4) is 0 Å². The quantitative estimate of drug-likeness (QED) is 0.940. The molecule has 1 aromatic heterocycles. The summed E-state index contributed by atoms with van der Waals surface area (Å²) in [5, 5.41) is 6.90. The van der Waals surface area contributed by atoms with Gasteiger partial charge in [-0.1, -0.05) is 18.2 Å². The zero-order valence-electron chi connectivity index (χ0n) is 11.1. The standard InChI is InChI=1S/C14H17N3O2S/c18-20(19,13-6-2-1-3-7-13)17-10-4-5-12(11-17)14-8-9-15-16-14/h1-3,6-9,12H,4-5,10-11H2,(H,15,16). The largest absolute Gasteiger partial charge is 0.282 e. The Balaban J connectivity index is 1.84. The van der Waals surface area contributed by atoms with E-state index in [1.165, 1.54) is 0 Å². The lowest BCUT2D eigenvalue weighted by Crippen LogP contribution is -2.39. The van der Waals surface area contributed by atoms with Crippen molar-refractivity contribution >= 4 is 10.0 Å². The predicted octanol–water partition coefficient (Wildman–Crippen LogP) is 1.98. The van der Waals surface area contributed by atoms with Crippen molar-refractivity contribution in [3.63, 3.8) is 0 Å². The topological polar surface area (TPSA) is 66.1 Å². The first kappa shape index (κ1) is 13.3. The summed E-state index contributed by atoms with van der Waals surface area (Å²) in [6.07, 6.45) is 3.57. The number of piperidine rings is 1. The maximum absolute atomic E-state index is 12.6. The molecule has 1 fully saturated rings. The van der Waals surface area contributed by atoms with Gasteiger partial charge in [-0.25, -0.2) is 8.42 Å². The number of H-pyrrole nitrogens is 1. The molecule has 2 aromatic rings. The average molecular weight is 291 g/mol. The molecule has 1 unspecified atom stereocenters. The lowest BCUT2D eigenvalue weighted by molar-refractivity contribution is 0.312. The van der Waals surface area contributed by atoms with Gasteiger partial charge < -0.3 is 0 Å². The van der Waals surface area contributed by atoms with Crippen LogP contribution in [0, 0.1) is 0 Å². The van der Waals surface area contributed by atoms with E-state index in [0.29, 0.717) is 18.0 Å². The Labute approximate surface area is 118 Å². The monoisotopic (exact) mass is 291 g/mol. The lowest BCUT2D eigenvalue weighted by atomic mass is 9.96. The highest BCUT2D eigenvalue weighted by atomic mass is 32.2. The molecule has 1 N–H and O–H groups in total. The molecule has 1 atom stereocenters. The Bertz CT molecular complexity index is 653. The van der Waals surface area contributed by atoms with Gasteiger partial charge in [0.15, 0.2) is 0 Å². The third kappa shape index (κ3) is 2.48. The Kier molecular flexibility index (Phi) is 3.58. The van der Waals surface area contributed by atoms with Crippen LogP contribution in [-0.2, 0) is 10.0 Å². The molecule has 106 valence electrons. The number of rotatable bonds is 3. The fourth-order valence-electron chi connectivity index (χ4n) is 2.65. The van der Waals surface area contributed by atoms with Crippen molar-refractivity contribution in [1.82, 2.24) is 14.5 Å². The molecule has 2 heterocycles. The molecule has 0 aliphatic carbocycles. The average Bonchev–Trinajstić information content (AvgIpc) is 3.03. The maximum atomic E-state index is 12.6. The van der Waals surface area contributed by atoms with Gasteiger partial charge in [0, 0.05) is 30.9 Å². The second kappa shape index (κ2) is 5.38. The SMILES string of the molecule is O=S(=O)(c1ccccc1)N1CCCC(c2ccn[nH]2)C1. The second-order valence-electron chi connectivity index (χ2n) is 5.03. The van der Waals surface area contributed by atoms with Gasteiger partial charge in [0.1, 0.15) is 0 Å². The highest BCUT2D eigenvalue weighted by Crippen LogP contribution is 2.28. The molecule has 0 saturated carbocycles. The van der Waals surface area contributed by atoms with Crippen molar-refractivity contribution in [2.45, 2.75) is 23.7 Å². The summed E-state index contributed by atoms with van der Waals surface area (Å²) in [6, 6.07) is 10.5. The lowest BCUT2D eigenvalue weighted by Gasteiger charge is -2.31. The molecule has 1 aliphatic heterocycles. The zero-order valence-corrected chi connectivity index (χ0v) is 11.9. The number of aromatic nitrogens is 2. The van der Waals surface area contributed by atoms with Gasteiger partial charge in [0.25, 0.3) is 0 Å². The van der Waals surface area contributed by atoms with E-state index in [1.807, 2.05) is 12.1 Å². The molecule has 1 saturated heterocycles. The van der Waals surface area contributed by atoms with Crippen molar-refractivity contribution in [2.24, 2.45) is 0 Å². The normalized spacial score (nSPS) is 20.9. The minimum absolute atomic E-state index is 0.199. The molecule has 3 rings (SSSR count). The summed E-state index contributed by atoms with van der Waals surface area (Å²) >= 11 is 0. The van der Waals surface area contributed by atoms with Crippen LogP contribution in [0.5, 0.6) is 0 Å². The highest BCUT2D eigenvalue weighted by molar-refractivity contribution is 7.89. The van der Waals surface area contributed by atoms with E-state index >= 15 is 0 Å². The van der Waals surface area contributed by atoms with Gasteiger partial charge in [0.05, 0.1) is 4.90 Å². The number of hydrogen-bond donors (Lipinski definition) is 1. The van der Waals surface area contributed by atoms with Gasteiger partial charge in [-0.3, -0.25) is 5.10 Å². The molecule has 6 heteroatoms. The van der Waals surface area contributed by atoms with E-state index in [2.05, 4.69) is 10.2 Å². The van der Waals surface area contributed by atoms with Crippen LogP contribution in [-0.4, -0.2) is 36.0 Å². The molecule has 5 nitrogen and oxygen atoms in total. The molecule has 0 bridgehead atoms. The van der Waals surface area contributed by atoms with E-state index in [1.54, 1.807) is 34.8 Å². The number of hydrogen-bond acceptors (Lipinski definition) is 3. The van der Waals surface area contributed by atoms with E-state index in [4.69, 9.17) is 0 Å². The Hall–Kier alpha value is -1.66. The number of nitrogens with one attached hydrogen (secondary N) is 1. The van der Waals surface area contributed by atoms with Crippen LogP contribution in [0.1, 0.15) is 24.5 Å². The maximum Gasteiger partial charge on any atom is 0.243 e. The van der Waals surface area contributed by atoms with Crippen molar-refractivity contribution in [3.8, 4) is 0 Å². The van der Waals surface area contributed by atoms with Crippen LogP contribution in [0.2, 0.25) is 0 Å². The Morgan fingerprint density at radius 3 is 2.70 bits per heavy atom. The summed E-state index contributed by atoms with van der Waals surface area (Å²) in [7, 11) is -3.39. The highest BCUT2D eigenvalue weighted by Gasteiger charge is 2.31. The molecule has 0 radical (unpaired) electrons. The third-order valence-corrected chi connectivity index (χ3v) is 5.61. The van der Waals surface area contributed by atoms with E-state index in [9.17, 15) is 8.42 Å². The van der Waals surface area contributed by atoms with Crippen molar-refractivity contribution in [3.05, 3.63) is 48.3 Å². The Morgan fingerprint density at radius 2 is 2.00 bits per heavy atom. The van der Waals surface area contributed by atoms with Gasteiger partial charge >= 0.3 is 0 Å². The molecule has 20 heavy (non-hydrogen) atoms. The van der Waals surface area contributed by atoms with Crippen molar-refractivity contribution in [1.29, 1.82) is 0 Å². The van der Waals surface area contributed by atoms with E-state index < -0.39 is 10.0 Å². The smallest absolute Gasteiger partial charge is 0.243 e. The van der Waals surface area contributed by atoms with Gasteiger partial charge in [-0.05, 0) is 31.0 Å². The van der Waals surface area contributed by atoms with E-state index in [0.717, 1.165) is 18.5 Å². The Morgan fingerprint density at radius 1 is 1.20 bits per heavy atom. The first-order valence-electron chi connectivity index (χ1n) is 6.72. The van der Waals surface area contributed by atoms with Crippen molar-refractivity contribution < 1.29 is 8.42 Å². The summed E-state index contributed by atoms with van der Waals surface area (Å²) in [6.45, 7) is 1.10. The van der Waals surface area contributed by atoms with Crippen LogP contribution >= 0.6 is 0 Å². The molecule has 1 aliphatic rings. The zero-order chi connectivity index (χ0) is 14.0. The van der Waals surface area contributed by atoms with Gasteiger partial charge in [-0.2, -0.15) is 9.40 Å². The summed E-state index contributed by atoms with van der Waals surface area (Å²) in [5.41, 5.74) is 1.01. The number of aromatic amines is 1. The van der Waals surface area contributed by atoms with E-state index in [-0.39, 0.29) is 5.92 Å². The molecule has 0 spiro atoms. The minimum atomic E-state index is -3.39. The molecular weight excluding hydrogens is 274 g/mol. The molecule has 0 amide bonds. The van der Waals surface area contributed by atoms with Crippen LogP contribution in [0.25, 0.3) is 0 Å². The number of benzene rings is 1. The summed E-state index contributed by atoms with van der Waals surface area (Å²) in [4.78, 5) is 0.366. The fraction of sp³-hybridized carbons (Fsp3) is 0.357. The second-order valence-corrected chi connectivity index (χ2v) is 6.97. The predicted molar refractivity (Wildman–Crippen MR) is 75.8 cm³/mol. The summed E-state index contributed by atoms with van der Waals surface area (Å²) < 4.78 is 26.8. The van der Waals surface area contributed by atoms with Gasteiger partial charge in [-0.15, -0.1) is 0 Å². The van der Waals surface area contributed by atoms with Crippen LogP contribution in [0.15, 0.2) is 47.5 Å². The van der Waals surface area contributed by atoms with Crippen LogP contribution < -0.4 is 0 Å². The molecule has 1 aromatic carbocycles. The summed E-state index contributed by atoms with van der Waals surface area (Å²) in [5.74, 6) is 0.199.